The van der Waals surface area contributed by atoms with Gasteiger partial charge in [0.25, 0.3) is 0 Å². The SMILES string of the molecule is C.O[B]Oc1c2ccccc2c(-c2ccc(-c3ccccc3)cc2)c2ccccc12.c1ccc(-c2cc(-c3cnccn3)nc(-c3cnccn3)c2)cc1.c1ccc(-c2ccc(-c3c4ccccc4c(-c4ccc(-c5cc(-c6cnccn6)nc(-c6cnccn6)c5)cc4)c4ccccc34)cc2)cc1. The lowest BCUT2D eigenvalue weighted by molar-refractivity contribution is 0.459. The first kappa shape index (κ1) is 66.0. The second-order valence-electron chi connectivity index (χ2n) is 24.3. The molecule has 1 N–H and O–H groups in total. The van der Waals surface area contributed by atoms with Crippen LogP contribution in [0.1, 0.15) is 7.43 Å². The molecule has 0 spiro atoms. The summed E-state index contributed by atoms with van der Waals surface area (Å²) in [4.78, 5) is 44.1. The monoisotopic (exact) mass is 1340 g/mol. The molecule has 0 aliphatic heterocycles. The Morgan fingerprint density at radius 2 is 0.442 bits per heavy atom. The van der Waals surface area contributed by atoms with Gasteiger partial charge in [-0.05, 0) is 134 Å². The van der Waals surface area contributed by atoms with Crippen molar-refractivity contribution in [2.24, 2.45) is 0 Å². The summed E-state index contributed by atoms with van der Waals surface area (Å²) in [5.74, 6) is 0.670. The first-order valence-electron chi connectivity index (χ1n) is 33.6. The summed E-state index contributed by atoms with van der Waals surface area (Å²) in [6.45, 7) is 0. The number of fused-ring (bicyclic) bond motifs is 4. The Kier molecular flexibility index (Phi) is 19.5. The van der Waals surface area contributed by atoms with Crippen molar-refractivity contribution in [3.63, 3.8) is 0 Å². The van der Waals surface area contributed by atoms with Crippen LogP contribution in [0.5, 0.6) is 5.75 Å². The van der Waals surface area contributed by atoms with Gasteiger partial charge >= 0.3 is 7.69 Å². The topological polar surface area (TPSA) is 158 Å². The predicted octanol–water partition coefficient (Wildman–Crippen LogP) is 21.5. The molecule has 0 amide bonds. The third-order valence-electron chi connectivity index (χ3n) is 18.1. The highest BCUT2D eigenvalue weighted by molar-refractivity contribution is 6.23. The standard InChI is InChI=1S/C45H29N5.C26H18BO2.C19H13N5.CH4/c1-2-8-30(9-3-1)31-14-18-33(19-15-31)44-36-10-4-6-12-38(36)45(39-13-7-5-11-37(39)44)34-20-16-32(17-21-34)35-26-40(42-28-46-22-24-48-42)50-41(27-35)43-29-47-23-25-49-43;28-27-29-26-23-12-6-4-10-21(23)25(22-11-5-7-13-24(22)26)20-16-14-19(15-17-20)18-8-2-1-3-9-18;1-2-4-14(5-3-1)15-10-16(18-12-20-6-8-22-18)24-17(11-15)19-13-21-7-9-23-19;/h1-29H;1-17,28H;1-13H;1H4. The second-order valence-corrected chi connectivity index (χ2v) is 24.3. The summed E-state index contributed by atoms with van der Waals surface area (Å²) >= 11 is 0. The average Bonchev–Trinajstić information content (AvgIpc) is 0.720. The van der Waals surface area contributed by atoms with Gasteiger partial charge in [0.2, 0.25) is 0 Å². The molecule has 12 nitrogen and oxygen atoms in total. The minimum absolute atomic E-state index is 0. The highest BCUT2D eigenvalue weighted by Crippen LogP contribution is 2.46. The third kappa shape index (κ3) is 13.9. The number of pyridine rings is 2. The molecule has 0 bridgehead atoms. The van der Waals surface area contributed by atoms with Crippen LogP contribution in [0.25, 0.3) is 167 Å². The van der Waals surface area contributed by atoms with E-state index in [2.05, 4.69) is 252 Å². The van der Waals surface area contributed by atoms with Crippen LogP contribution in [0.3, 0.4) is 0 Å². The normalized spacial score (nSPS) is 10.9. The van der Waals surface area contributed by atoms with Gasteiger partial charge in [0.15, 0.2) is 0 Å². The third-order valence-corrected chi connectivity index (χ3v) is 18.1. The molecule has 0 unspecified atom stereocenters. The quantitative estimate of drug-likeness (QED) is 0.0861. The number of benzene rings is 12. The molecule has 0 saturated carbocycles. The molecule has 104 heavy (non-hydrogen) atoms. The summed E-state index contributed by atoms with van der Waals surface area (Å²) in [6.07, 6.45) is 20.2. The maximum Gasteiger partial charge on any atom is 0.569 e. The summed E-state index contributed by atoms with van der Waals surface area (Å²) in [7, 11) is 0.753. The Morgan fingerprint density at radius 3 is 0.702 bits per heavy atom. The second kappa shape index (κ2) is 30.7. The fraction of sp³-hybridized carbons (Fsp3) is 0.0110. The predicted molar refractivity (Wildman–Crippen MR) is 422 cm³/mol. The summed E-state index contributed by atoms with van der Waals surface area (Å²) in [5.41, 5.74) is 22.0. The van der Waals surface area contributed by atoms with E-state index >= 15 is 0 Å². The zero-order valence-electron chi connectivity index (χ0n) is 55.5. The van der Waals surface area contributed by atoms with Gasteiger partial charge in [-0.2, -0.15) is 0 Å². The Balaban J connectivity index is 0.000000137. The van der Waals surface area contributed by atoms with Crippen LogP contribution in [-0.4, -0.2) is 62.5 Å². The van der Waals surface area contributed by atoms with Crippen LogP contribution in [0.4, 0.5) is 0 Å². The van der Waals surface area contributed by atoms with Crippen LogP contribution in [-0.2, 0) is 0 Å². The Labute approximate surface area is 602 Å². The molecule has 0 saturated heterocycles. The van der Waals surface area contributed by atoms with E-state index in [0.717, 1.165) is 96.8 Å². The fourth-order valence-electron chi connectivity index (χ4n) is 13.4. The van der Waals surface area contributed by atoms with Crippen molar-refractivity contribution >= 4 is 50.8 Å². The minimum Gasteiger partial charge on any atom is -0.537 e. The molecule has 0 aliphatic carbocycles. The average molecular weight is 1340 g/mol. The summed E-state index contributed by atoms with van der Waals surface area (Å²) in [6, 6.07) is 99.5. The number of rotatable bonds is 13. The van der Waals surface area contributed by atoms with Crippen molar-refractivity contribution in [1.29, 1.82) is 0 Å². The molecule has 6 aromatic heterocycles. The Bertz CT molecular complexity index is 5650. The molecular formula is C91H64BN10O2. The van der Waals surface area contributed by atoms with Gasteiger partial charge in [-0.25, -0.2) is 9.97 Å². The van der Waals surface area contributed by atoms with Crippen LogP contribution < -0.4 is 4.65 Å². The van der Waals surface area contributed by atoms with Gasteiger partial charge in [-0.1, -0.05) is 268 Å². The van der Waals surface area contributed by atoms with E-state index < -0.39 is 0 Å². The van der Waals surface area contributed by atoms with E-state index in [4.69, 9.17) is 14.6 Å². The number of nitrogens with zero attached hydrogens (tertiary/aromatic N) is 10. The molecule has 0 fully saturated rings. The van der Waals surface area contributed by atoms with Gasteiger partial charge in [0.05, 0.1) is 47.6 Å². The minimum atomic E-state index is 0. The van der Waals surface area contributed by atoms with Crippen molar-refractivity contribution in [3.05, 3.63) is 359 Å². The number of hydrogen-bond acceptors (Lipinski definition) is 12. The molecule has 6 heterocycles. The molecular weight excluding hydrogens is 1280 g/mol. The largest absolute Gasteiger partial charge is 0.569 e. The molecule has 18 aromatic rings. The van der Waals surface area contributed by atoms with Crippen molar-refractivity contribution in [3.8, 4) is 129 Å². The van der Waals surface area contributed by atoms with E-state index in [-0.39, 0.29) is 7.43 Å². The molecule has 13 heteroatoms. The van der Waals surface area contributed by atoms with Crippen molar-refractivity contribution in [2.75, 3.05) is 0 Å². The Morgan fingerprint density at radius 1 is 0.221 bits per heavy atom. The van der Waals surface area contributed by atoms with Gasteiger partial charge < -0.3 is 9.68 Å². The molecule has 493 valence electrons. The number of aromatic nitrogens is 10. The van der Waals surface area contributed by atoms with Crippen LogP contribution >= 0.6 is 0 Å². The number of hydrogen-bond donors (Lipinski definition) is 1. The molecule has 12 aromatic carbocycles. The van der Waals surface area contributed by atoms with Crippen molar-refractivity contribution < 1.29 is 9.68 Å². The van der Waals surface area contributed by atoms with E-state index in [1.165, 1.54) is 66.1 Å². The van der Waals surface area contributed by atoms with Crippen LogP contribution in [0.15, 0.2) is 359 Å². The smallest absolute Gasteiger partial charge is 0.537 e. The van der Waals surface area contributed by atoms with E-state index in [1.807, 2.05) is 72.8 Å². The fourth-order valence-corrected chi connectivity index (χ4v) is 13.4. The lowest BCUT2D eigenvalue weighted by atomic mass is 9.85. The Hall–Kier alpha value is -13.9. The lowest BCUT2D eigenvalue weighted by Crippen LogP contribution is -2.01. The zero-order chi connectivity index (χ0) is 69.1. The zero-order valence-corrected chi connectivity index (χ0v) is 55.5. The maximum absolute atomic E-state index is 9.32. The van der Waals surface area contributed by atoms with Crippen molar-refractivity contribution in [2.45, 2.75) is 7.43 Å². The summed E-state index contributed by atoms with van der Waals surface area (Å²) in [5, 5.41) is 18.4. The summed E-state index contributed by atoms with van der Waals surface area (Å²) < 4.78 is 5.53. The van der Waals surface area contributed by atoms with Gasteiger partial charge in [0, 0.05) is 60.3 Å². The van der Waals surface area contributed by atoms with E-state index in [9.17, 15) is 5.02 Å². The van der Waals surface area contributed by atoms with Crippen LogP contribution in [0, 0.1) is 0 Å². The molecule has 1 radical (unpaired) electrons. The van der Waals surface area contributed by atoms with E-state index in [1.54, 1.807) is 74.4 Å². The maximum atomic E-state index is 9.32. The van der Waals surface area contributed by atoms with Crippen molar-refractivity contribution in [1.82, 2.24) is 49.8 Å². The van der Waals surface area contributed by atoms with Crippen LogP contribution in [0.2, 0.25) is 0 Å². The first-order valence-corrected chi connectivity index (χ1v) is 33.6. The van der Waals surface area contributed by atoms with E-state index in [0.29, 0.717) is 17.1 Å². The van der Waals surface area contributed by atoms with Gasteiger partial charge in [-0.3, -0.25) is 39.9 Å². The lowest BCUT2D eigenvalue weighted by Gasteiger charge is -2.18. The molecule has 0 atom stereocenters. The molecule has 18 rings (SSSR count). The molecule has 0 aliphatic rings. The van der Waals surface area contributed by atoms with Gasteiger partial charge in [0.1, 0.15) is 28.5 Å². The first-order chi connectivity index (χ1) is 51.1. The van der Waals surface area contributed by atoms with Gasteiger partial charge in [-0.15, -0.1) is 0 Å². The highest BCUT2D eigenvalue weighted by Gasteiger charge is 2.20. The highest BCUT2D eigenvalue weighted by atomic mass is 16.5.